The lowest BCUT2D eigenvalue weighted by Crippen LogP contribution is -2.61. The van der Waals surface area contributed by atoms with Gasteiger partial charge < -0.3 is 15.8 Å². The average Bonchev–Trinajstić information content (AvgIpc) is 2.83. The number of nitrogens with two attached hydrogens (primary N) is 1. The normalized spacial score (nSPS) is 30.3. The van der Waals surface area contributed by atoms with Gasteiger partial charge in [0.25, 0.3) is 0 Å². The molecule has 0 aromatic heterocycles. The van der Waals surface area contributed by atoms with E-state index in [0.717, 1.165) is 38.8 Å². The summed E-state index contributed by atoms with van der Waals surface area (Å²) in [5.41, 5.74) is 5.49. The Labute approximate surface area is 128 Å². The summed E-state index contributed by atoms with van der Waals surface area (Å²) < 4.78 is 5.79. The Hall–Kier alpha value is -0.650. The van der Waals surface area contributed by atoms with Gasteiger partial charge in [0.2, 0.25) is 5.91 Å². The zero-order valence-electron chi connectivity index (χ0n) is 13.9. The second kappa shape index (κ2) is 6.23. The molecule has 1 aliphatic heterocycles. The van der Waals surface area contributed by atoms with Crippen molar-refractivity contribution < 1.29 is 9.53 Å². The van der Waals surface area contributed by atoms with Gasteiger partial charge in [-0.3, -0.25) is 9.69 Å². The summed E-state index contributed by atoms with van der Waals surface area (Å²) >= 11 is 0. The molecule has 2 unspecified atom stereocenters. The van der Waals surface area contributed by atoms with Crippen LogP contribution < -0.4 is 11.1 Å². The molecule has 5 heteroatoms. The van der Waals surface area contributed by atoms with E-state index < -0.39 is 5.54 Å². The Balaban J connectivity index is 1.90. The maximum atomic E-state index is 12.3. The number of nitrogens with zero attached hydrogens (tertiary/aromatic N) is 1. The molecule has 1 aliphatic carbocycles. The Kier molecular flexibility index (Phi) is 4.96. The van der Waals surface area contributed by atoms with Crippen LogP contribution >= 0.6 is 0 Å². The summed E-state index contributed by atoms with van der Waals surface area (Å²) in [5.74, 6) is 0.0161. The molecule has 1 amide bonds. The van der Waals surface area contributed by atoms with Crippen molar-refractivity contribution >= 4 is 5.91 Å². The van der Waals surface area contributed by atoms with Crippen LogP contribution in [0.25, 0.3) is 0 Å². The van der Waals surface area contributed by atoms with E-state index in [1.165, 1.54) is 0 Å². The number of carbonyl (C=O) groups is 1. The third-order valence-corrected chi connectivity index (χ3v) is 4.91. The van der Waals surface area contributed by atoms with E-state index in [1.54, 1.807) is 0 Å². The van der Waals surface area contributed by atoms with Crippen LogP contribution in [-0.4, -0.2) is 53.7 Å². The van der Waals surface area contributed by atoms with Gasteiger partial charge in [0.05, 0.1) is 17.7 Å². The Morgan fingerprint density at radius 3 is 2.33 bits per heavy atom. The highest BCUT2D eigenvalue weighted by atomic mass is 16.5. The van der Waals surface area contributed by atoms with Gasteiger partial charge in [-0.25, -0.2) is 0 Å². The highest BCUT2D eigenvalue weighted by Gasteiger charge is 2.39. The molecule has 2 rings (SSSR count). The number of rotatable bonds is 4. The Morgan fingerprint density at radius 2 is 1.81 bits per heavy atom. The predicted molar refractivity (Wildman–Crippen MR) is 84.1 cm³/mol. The molecule has 21 heavy (non-hydrogen) atoms. The first-order chi connectivity index (χ1) is 9.73. The van der Waals surface area contributed by atoms with Gasteiger partial charge in [0.15, 0.2) is 0 Å². The van der Waals surface area contributed by atoms with E-state index in [2.05, 4.69) is 37.9 Å². The van der Waals surface area contributed by atoms with Crippen molar-refractivity contribution in [1.82, 2.24) is 10.2 Å². The summed E-state index contributed by atoms with van der Waals surface area (Å²) in [5, 5.41) is 3.09. The second-order valence-electron chi connectivity index (χ2n) is 7.52. The third-order valence-electron chi connectivity index (χ3n) is 4.91. The van der Waals surface area contributed by atoms with Crippen LogP contribution in [0.4, 0.5) is 0 Å². The molecule has 1 heterocycles. The quantitative estimate of drug-likeness (QED) is 0.820. The van der Waals surface area contributed by atoms with Gasteiger partial charge in [-0.1, -0.05) is 12.8 Å². The number of carbonyl (C=O) groups excluding carboxylic acids is 1. The predicted octanol–water partition coefficient (Wildman–Crippen LogP) is 1.26. The lowest BCUT2D eigenvalue weighted by Gasteiger charge is -2.45. The fourth-order valence-corrected chi connectivity index (χ4v) is 3.49. The van der Waals surface area contributed by atoms with Gasteiger partial charge >= 0.3 is 0 Å². The molecule has 1 saturated heterocycles. The summed E-state index contributed by atoms with van der Waals surface area (Å²) in [6.07, 6.45) is 4.21. The van der Waals surface area contributed by atoms with Crippen LogP contribution in [0.1, 0.15) is 53.4 Å². The molecule has 2 atom stereocenters. The van der Waals surface area contributed by atoms with Crippen LogP contribution in [0.5, 0.6) is 0 Å². The zero-order chi connectivity index (χ0) is 15.7. The molecule has 0 aromatic carbocycles. The first kappa shape index (κ1) is 16.7. The maximum Gasteiger partial charge on any atom is 0.240 e. The zero-order valence-corrected chi connectivity index (χ0v) is 13.9. The number of hydrogen-bond donors (Lipinski definition) is 2. The highest BCUT2D eigenvalue weighted by molar-refractivity contribution is 5.86. The number of ether oxygens (including phenoxy) is 1. The van der Waals surface area contributed by atoms with Crippen molar-refractivity contribution in [2.75, 3.05) is 19.6 Å². The van der Waals surface area contributed by atoms with Crippen molar-refractivity contribution in [2.45, 2.75) is 76.7 Å². The van der Waals surface area contributed by atoms with Crippen LogP contribution in [0.3, 0.4) is 0 Å². The van der Waals surface area contributed by atoms with Gasteiger partial charge in [-0.2, -0.15) is 0 Å². The summed E-state index contributed by atoms with van der Waals surface area (Å²) in [6.45, 7) is 11.0. The molecule has 2 fully saturated rings. The van der Waals surface area contributed by atoms with E-state index >= 15 is 0 Å². The number of nitrogens with one attached hydrogen (secondary N) is 1. The summed E-state index contributed by atoms with van der Waals surface area (Å²) in [4.78, 5) is 14.8. The molecule has 122 valence electrons. The molecule has 0 radical (unpaired) electrons. The minimum absolute atomic E-state index is 0.0161. The van der Waals surface area contributed by atoms with Crippen LogP contribution in [0, 0.1) is 0 Å². The van der Waals surface area contributed by atoms with Gasteiger partial charge in [0, 0.05) is 25.2 Å². The third kappa shape index (κ3) is 3.96. The molecule has 0 bridgehead atoms. The molecule has 1 saturated carbocycles. The maximum absolute atomic E-state index is 12.3. The fraction of sp³-hybridized carbons (Fsp3) is 0.938. The first-order valence-electron chi connectivity index (χ1n) is 8.21. The molecular weight excluding hydrogens is 266 g/mol. The highest BCUT2D eigenvalue weighted by Crippen LogP contribution is 2.27. The number of morpholine rings is 1. The number of hydrogen-bond acceptors (Lipinski definition) is 4. The second-order valence-corrected chi connectivity index (χ2v) is 7.52. The van der Waals surface area contributed by atoms with Gasteiger partial charge in [0.1, 0.15) is 0 Å². The molecule has 3 N–H and O–H groups in total. The van der Waals surface area contributed by atoms with Gasteiger partial charge in [-0.05, 0) is 40.5 Å². The Bertz CT molecular complexity index is 368. The van der Waals surface area contributed by atoms with E-state index in [1.807, 2.05) is 0 Å². The lowest BCUT2D eigenvalue weighted by atomic mass is 9.96. The van der Waals surface area contributed by atoms with Crippen LogP contribution in [0.15, 0.2) is 0 Å². The number of amides is 1. The molecule has 5 nitrogen and oxygen atoms in total. The topological polar surface area (TPSA) is 67.6 Å². The molecule has 2 aliphatic rings. The fourth-order valence-electron chi connectivity index (χ4n) is 3.49. The SMILES string of the molecule is CC1CN(C(C)(C)CNC(=O)C2(N)CCCC2)CC(C)O1. The molecule has 0 spiro atoms. The van der Waals surface area contributed by atoms with E-state index in [-0.39, 0.29) is 23.7 Å². The lowest BCUT2D eigenvalue weighted by molar-refractivity contribution is -0.127. The molecule has 0 aromatic rings. The van der Waals surface area contributed by atoms with Crippen LogP contribution in [-0.2, 0) is 9.53 Å². The van der Waals surface area contributed by atoms with Crippen molar-refractivity contribution in [2.24, 2.45) is 5.73 Å². The van der Waals surface area contributed by atoms with Gasteiger partial charge in [-0.15, -0.1) is 0 Å². The van der Waals surface area contributed by atoms with Crippen molar-refractivity contribution in [3.8, 4) is 0 Å². The molecular formula is C16H31N3O2. The van der Waals surface area contributed by atoms with E-state index in [0.29, 0.717) is 6.54 Å². The van der Waals surface area contributed by atoms with Crippen molar-refractivity contribution in [3.05, 3.63) is 0 Å². The average molecular weight is 297 g/mol. The Morgan fingerprint density at radius 1 is 1.29 bits per heavy atom. The monoisotopic (exact) mass is 297 g/mol. The standard InChI is InChI=1S/C16H31N3O2/c1-12-9-19(10-13(2)21-12)15(3,4)11-18-14(20)16(17)7-5-6-8-16/h12-13H,5-11,17H2,1-4H3,(H,18,20). The minimum atomic E-state index is -0.637. The first-order valence-corrected chi connectivity index (χ1v) is 8.21. The van der Waals surface area contributed by atoms with E-state index in [9.17, 15) is 4.79 Å². The van der Waals surface area contributed by atoms with E-state index in [4.69, 9.17) is 10.5 Å². The summed E-state index contributed by atoms with van der Waals surface area (Å²) in [7, 11) is 0. The largest absolute Gasteiger partial charge is 0.373 e. The van der Waals surface area contributed by atoms with Crippen molar-refractivity contribution in [1.29, 1.82) is 0 Å². The summed E-state index contributed by atoms with van der Waals surface area (Å²) in [6, 6.07) is 0. The van der Waals surface area contributed by atoms with Crippen LogP contribution in [0.2, 0.25) is 0 Å². The minimum Gasteiger partial charge on any atom is -0.373 e. The smallest absolute Gasteiger partial charge is 0.240 e. The van der Waals surface area contributed by atoms with Crippen molar-refractivity contribution in [3.63, 3.8) is 0 Å².